The van der Waals surface area contributed by atoms with Crippen molar-refractivity contribution in [3.8, 4) is 16.8 Å². The normalized spacial score (nSPS) is 11.9. The van der Waals surface area contributed by atoms with Gasteiger partial charge in [-0.1, -0.05) is 12.1 Å². The summed E-state index contributed by atoms with van der Waals surface area (Å²) in [5.41, 5.74) is 4.07. The summed E-state index contributed by atoms with van der Waals surface area (Å²) in [4.78, 5) is 25.4. The van der Waals surface area contributed by atoms with E-state index in [-0.39, 0.29) is 5.56 Å². The molecule has 3 rings (SSSR count). The molecular weight excluding hydrogens is 366 g/mol. The Morgan fingerprint density at radius 3 is 2.48 bits per heavy atom. The van der Waals surface area contributed by atoms with Crippen LogP contribution in [0.15, 0.2) is 59.8 Å². The van der Waals surface area contributed by atoms with Gasteiger partial charge >= 0.3 is 0 Å². The van der Waals surface area contributed by atoms with Gasteiger partial charge in [-0.15, -0.1) is 0 Å². The van der Waals surface area contributed by atoms with Crippen LogP contribution in [0.25, 0.3) is 16.8 Å². The third kappa shape index (κ3) is 4.44. The maximum Gasteiger partial charge on any atom is 0.256 e. The molecule has 0 radical (unpaired) electrons. The fourth-order valence-electron chi connectivity index (χ4n) is 2.69. The van der Waals surface area contributed by atoms with Crippen LogP contribution >= 0.6 is 11.8 Å². The third-order valence-corrected chi connectivity index (χ3v) is 5.18. The molecule has 3 aromatic rings. The zero-order valence-electron chi connectivity index (χ0n) is 14.6. The first-order chi connectivity index (χ1) is 13.1. The number of hydroxylamine groups is 1. The van der Waals surface area contributed by atoms with Gasteiger partial charge in [0.15, 0.2) is 0 Å². The summed E-state index contributed by atoms with van der Waals surface area (Å²) in [5, 5.41) is 16.5. The number of aryl methyl sites for hydroxylation is 1. The summed E-state index contributed by atoms with van der Waals surface area (Å²) in [6.07, 6.45) is 7.17. The molecule has 0 aliphatic rings. The van der Waals surface area contributed by atoms with Gasteiger partial charge in [-0.25, -0.2) is 5.48 Å². The summed E-state index contributed by atoms with van der Waals surface area (Å²) in [6.45, 7) is 0.391. The summed E-state index contributed by atoms with van der Waals surface area (Å²) >= 11 is 1.33. The molecule has 2 aromatic heterocycles. The minimum Gasteiger partial charge on any atom is -0.315 e. The Balaban J connectivity index is 1.73. The number of rotatable bonds is 7. The van der Waals surface area contributed by atoms with Gasteiger partial charge in [-0.05, 0) is 42.0 Å². The van der Waals surface area contributed by atoms with Gasteiger partial charge in [0.05, 0.1) is 23.3 Å². The molecule has 1 amide bonds. The van der Waals surface area contributed by atoms with Crippen LogP contribution in [-0.2, 0) is 11.3 Å². The Bertz CT molecular complexity index is 954. The van der Waals surface area contributed by atoms with Crippen LogP contribution in [0.2, 0.25) is 0 Å². The zero-order valence-corrected chi connectivity index (χ0v) is 15.5. The van der Waals surface area contributed by atoms with Crippen molar-refractivity contribution in [3.63, 3.8) is 0 Å². The van der Waals surface area contributed by atoms with Crippen LogP contribution in [0, 0.1) is 0 Å². The predicted octanol–water partition coefficient (Wildman–Crippen LogP) is 1.72. The lowest BCUT2D eigenvalue weighted by Crippen LogP contribution is -2.31. The fraction of sp³-hybridized carbons (Fsp3) is 0.222. The SMILES string of the molecule is CSC(CCn1ccc(-c2ccc(-n3nccn3)cc2)cc1=O)C(=O)NO. The highest BCUT2D eigenvalue weighted by Gasteiger charge is 2.16. The monoisotopic (exact) mass is 385 g/mol. The molecule has 9 heteroatoms. The fourth-order valence-corrected chi connectivity index (χ4v) is 3.30. The molecule has 1 atom stereocenters. The maximum absolute atomic E-state index is 12.4. The summed E-state index contributed by atoms with van der Waals surface area (Å²) in [7, 11) is 0. The van der Waals surface area contributed by atoms with E-state index in [9.17, 15) is 9.59 Å². The second-order valence-electron chi connectivity index (χ2n) is 5.80. The number of thioether (sulfide) groups is 1. The average Bonchev–Trinajstić information content (AvgIpc) is 3.24. The van der Waals surface area contributed by atoms with Gasteiger partial charge in [0.25, 0.3) is 11.5 Å². The molecule has 27 heavy (non-hydrogen) atoms. The van der Waals surface area contributed by atoms with E-state index < -0.39 is 11.2 Å². The molecule has 0 aliphatic carbocycles. The molecular formula is C18H19N5O3S. The summed E-state index contributed by atoms with van der Waals surface area (Å²) in [5.74, 6) is -0.459. The van der Waals surface area contributed by atoms with Crippen molar-refractivity contribution < 1.29 is 10.0 Å². The van der Waals surface area contributed by atoms with Gasteiger partial charge in [0.2, 0.25) is 0 Å². The van der Waals surface area contributed by atoms with Gasteiger partial charge in [0.1, 0.15) is 0 Å². The second kappa shape index (κ2) is 8.65. The van der Waals surface area contributed by atoms with E-state index in [1.165, 1.54) is 16.6 Å². The predicted molar refractivity (Wildman–Crippen MR) is 103 cm³/mol. The topological polar surface area (TPSA) is 102 Å². The van der Waals surface area contributed by atoms with Crippen LogP contribution < -0.4 is 11.0 Å². The van der Waals surface area contributed by atoms with E-state index in [2.05, 4.69) is 10.2 Å². The van der Waals surface area contributed by atoms with Crippen molar-refractivity contribution in [2.75, 3.05) is 6.26 Å². The van der Waals surface area contributed by atoms with Gasteiger partial charge in [0, 0.05) is 18.8 Å². The number of nitrogens with one attached hydrogen (secondary N) is 1. The van der Waals surface area contributed by atoms with Crippen LogP contribution in [0.5, 0.6) is 0 Å². The molecule has 0 fully saturated rings. The molecule has 0 spiro atoms. The maximum atomic E-state index is 12.4. The van der Waals surface area contributed by atoms with Crippen molar-refractivity contribution in [3.05, 3.63) is 65.3 Å². The van der Waals surface area contributed by atoms with E-state index in [0.717, 1.165) is 16.8 Å². The number of benzene rings is 1. The lowest BCUT2D eigenvalue weighted by Gasteiger charge is -2.13. The van der Waals surface area contributed by atoms with E-state index in [1.54, 1.807) is 41.0 Å². The van der Waals surface area contributed by atoms with Crippen LogP contribution in [-0.4, -0.2) is 42.2 Å². The standard InChI is InChI=1S/C18H19N5O3S/c1-27-16(18(25)21-26)7-11-22-10-6-14(12-17(22)24)13-2-4-15(5-3-13)23-19-8-9-20-23/h2-6,8-10,12,16,26H,7,11H2,1H3,(H,21,25). The molecule has 0 saturated carbocycles. The highest BCUT2D eigenvalue weighted by molar-refractivity contribution is 7.99. The molecule has 8 nitrogen and oxygen atoms in total. The highest BCUT2D eigenvalue weighted by Crippen LogP contribution is 2.19. The van der Waals surface area contributed by atoms with Crippen molar-refractivity contribution in [1.82, 2.24) is 25.0 Å². The first-order valence-electron chi connectivity index (χ1n) is 8.26. The quantitative estimate of drug-likeness (QED) is 0.474. The molecule has 0 saturated heterocycles. The van der Waals surface area contributed by atoms with E-state index in [4.69, 9.17) is 5.21 Å². The third-order valence-electron chi connectivity index (χ3n) is 4.17. The van der Waals surface area contributed by atoms with Crippen molar-refractivity contribution >= 4 is 17.7 Å². The van der Waals surface area contributed by atoms with E-state index in [1.807, 2.05) is 30.3 Å². The number of hydrogen-bond acceptors (Lipinski definition) is 6. The zero-order chi connectivity index (χ0) is 19.2. The Hall–Kier alpha value is -2.91. The minimum atomic E-state index is -0.459. The Morgan fingerprint density at radius 2 is 1.89 bits per heavy atom. The van der Waals surface area contributed by atoms with Gasteiger partial charge in [-0.2, -0.15) is 26.8 Å². The molecule has 1 aromatic carbocycles. The van der Waals surface area contributed by atoms with Crippen LogP contribution in [0.3, 0.4) is 0 Å². The molecule has 0 bridgehead atoms. The largest absolute Gasteiger partial charge is 0.315 e. The highest BCUT2D eigenvalue weighted by atomic mass is 32.2. The smallest absolute Gasteiger partial charge is 0.256 e. The number of carbonyl (C=O) groups is 1. The molecule has 1 unspecified atom stereocenters. The number of aromatic nitrogens is 4. The van der Waals surface area contributed by atoms with E-state index in [0.29, 0.717) is 13.0 Å². The first kappa shape index (κ1) is 18.9. The second-order valence-corrected chi connectivity index (χ2v) is 6.84. The Kier molecular flexibility index (Phi) is 6.05. The molecule has 2 heterocycles. The van der Waals surface area contributed by atoms with Crippen LogP contribution in [0.1, 0.15) is 6.42 Å². The Labute approximate surface area is 159 Å². The lowest BCUT2D eigenvalue weighted by molar-refractivity contribution is -0.128. The molecule has 2 N–H and O–H groups in total. The molecule has 0 aliphatic heterocycles. The molecule has 140 valence electrons. The van der Waals surface area contributed by atoms with Crippen LogP contribution in [0.4, 0.5) is 0 Å². The first-order valence-corrected chi connectivity index (χ1v) is 9.55. The minimum absolute atomic E-state index is 0.144. The lowest BCUT2D eigenvalue weighted by atomic mass is 10.1. The van der Waals surface area contributed by atoms with Crippen molar-refractivity contribution in [2.24, 2.45) is 0 Å². The van der Waals surface area contributed by atoms with Gasteiger partial charge in [-0.3, -0.25) is 14.8 Å². The Morgan fingerprint density at radius 1 is 1.19 bits per heavy atom. The van der Waals surface area contributed by atoms with Crippen molar-refractivity contribution in [1.29, 1.82) is 0 Å². The number of pyridine rings is 1. The number of hydrogen-bond donors (Lipinski definition) is 2. The summed E-state index contributed by atoms with van der Waals surface area (Å²) in [6, 6.07) is 11.0. The van der Waals surface area contributed by atoms with E-state index >= 15 is 0 Å². The number of amides is 1. The van der Waals surface area contributed by atoms with Crippen molar-refractivity contribution in [2.45, 2.75) is 18.2 Å². The van der Waals surface area contributed by atoms with Gasteiger partial charge < -0.3 is 4.57 Å². The summed E-state index contributed by atoms with van der Waals surface area (Å²) < 4.78 is 1.55. The number of nitrogens with zero attached hydrogens (tertiary/aromatic N) is 4. The average molecular weight is 385 g/mol. The number of carbonyl (C=O) groups excluding carboxylic acids is 1.